The van der Waals surface area contributed by atoms with Crippen LogP contribution in [0.3, 0.4) is 0 Å². The predicted octanol–water partition coefficient (Wildman–Crippen LogP) is 3.60. The van der Waals surface area contributed by atoms with Gasteiger partial charge in [0.15, 0.2) is 0 Å². The second-order valence-electron chi connectivity index (χ2n) is 5.02. The molecule has 0 heterocycles. The summed E-state index contributed by atoms with van der Waals surface area (Å²) in [5, 5.41) is 0. The summed E-state index contributed by atoms with van der Waals surface area (Å²) in [7, 11) is 0. The SMILES string of the molecule is CC1CCC2C(C)(C)C2(Br)C1. The highest BCUT2D eigenvalue weighted by Crippen LogP contribution is 2.73. The first-order chi connectivity index (χ1) is 4.98. The summed E-state index contributed by atoms with van der Waals surface area (Å²) in [6.07, 6.45) is 4.28. The standard InChI is InChI=1S/C10H17Br/c1-7-4-5-8-9(2,3)10(8,11)6-7/h7-8H,4-6H2,1-3H3. The van der Waals surface area contributed by atoms with E-state index in [1.165, 1.54) is 19.3 Å². The lowest BCUT2D eigenvalue weighted by Gasteiger charge is -2.22. The molecule has 0 aromatic rings. The van der Waals surface area contributed by atoms with Gasteiger partial charge in [0, 0.05) is 4.32 Å². The zero-order valence-corrected chi connectivity index (χ0v) is 9.24. The smallest absolute Gasteiger partial charge is 0.0348 e. The Bertz CT molecular complexity index is 185. The average Bonchev–Trinajstić information content (AvgIpc) is 2.26. The molecule has 2 aliphatic carbocycles. The normalized spacial score (nSPS) is 53.5. The summed E-state index contributed by atoms with van der Waals surface area (Å²) < 4.78 is 0.525. The molecule has 2 aliphatic rings. The monoisotopic (exact) mass is 216 g/mol. The maximum atomic E-state index is 3.93. The van der Waals surface area contributed by atoms with Crippen LogP contribution in [0.1, 0.15) is 40.0 Å². The molecule has 0 aliphatic heterocycles. The van der Waals surface area contributed by atoms with E-state index in [0.29, 0.717) is 9.74 Å². The quantitative estimate of drug-likeness (QED) is 0.544. The number of hydrogen-bond acceptors (Lipinski definition) is 0. The highest BCUT2D eigenvalue weighted by molar-refractivity contribution is 9.10. The van der Waals surface area contributed by atoms with Crippen molar-refractivity contribution in [1.82, 2.24) is 0 Å². The number of hydrogen-bond donors (Lipinski definition) is 0. The Morgan fingerprint density at radius 3 is 2.36 bits per heavy atom. The molecule has 1 heteroatoms. The van der Waals surface area contributed by atoms with Crippen LogP contribution < -0.4 is 0 Å². The predicted molar refractivity (Wildman–Crippen MR) is 51.9 cm³/mol. The van der Waals surface area contributed by atoms with Crippen molar-refractivity contribution in [3.8, 4) is 0 Å². The topological polar surface area (TPSA) is 0 Å². The van der Waals surface area contributed by atoms with Crippen LogP contribution in [0.15, 0.2) is 0 Å². The van der Waals surface area contributed by atoms with Crippen LogP contribution in [0, 0.1) is 17.3 Å². The fourth-order valence-corrected chi connectivity index (χ4v) is 4.48. The van der Waals surface area contributed by atoms with Gasteiger partial charge in [-0.15, -0.1) is 0 Å². The van der Waals surface area contributed by atoms with Crippen LogP contribution in [0.2, 0.25) is 0 Å². The lowest BCUT2D eigenvalue weighted by Crippen LogP contribution is -2.16. The first kappa shape index (κ1) is 8.10. The van der Waals surface area contributed by atoms with Crippen LogP contribution >= 0.6 is 15.9 Å². The number of rotatable bonds is 0. The van der Waals surface area contributed by atoms with Gasteiger partial charge in [0.1, 0.15) is 0 Å². The Balaban J connectivity index is 2.17. The summed E-state index contributed by atoms with van der Waals surface area (Å²) >= 11 is 3.93. The fraction of sp³-hybridized carbons (Fsp3) is 1.00. The Labute approximate surface area is 77.9 Å². The Morgan fingerprint density at radius 1 is 1.27 bits per heavy atom. The van der Waals surface area contributed by atoms with Crippen LogP contribution in [0.25, 0.3) is 0 Å². The van der Waals surface area contributed by atoms with E-state index in [2.05, 4.69) is 36.7 Å². The molecule has 11 heavy (non-hydrogen) atoms. The molecule has 0 nitrogen and oxygen atoms in total. The molecule has 0 aromatic carbocycles. The van der Waals surface area contributed by atoms with E-state index < -0.39 is 0 Å². The Morgan fingerprint density at radius 2 is 1.91 bits per heavy atom. The van der Waals surface area contributed by atoms with E-state index in [1.807, 2.05) is 0 Å². The van der Waals surface area contributed by atoms with E-state index in [4.69, 9.17) is 0 Å². The molecule has 0 radical (unpaired) electrons. The molecule has 0 aromatic heterocycles. The van der Waals surface area contributed by atoms with Crippen molar-refractivity contribution in [2.75, 3.05) is 0 Å². The van der Waals surface area contributed by atoms with E-state index in [0.717, 1.165) is 11.8 Å². The van der Waals surface area contributed by atoms with E-state index in [-0.39, 0.29) is 0 Å². The highest BCUT2D eigenvalue weighted by atomic mass is 79.9. The molecule has 0 bridgehead atoms. The Kier molecular flexibility index (Phi) is 1.50. The molecule has 2 fully saturated rings. The van der Waals surface area contributed by atoms with Crippen LogP contribution in [-0.2, 0) is 0 Å². The summed E-state index contributed by atoms with van der Waals surface area (Å²) in [6, 6.07) is 0. The zero-order valence-electron chi connectivity index (χ0n) is 7.65. The lowest BCUT2D eigenvalue weighted by atomic mass is 9.91. The van der Waals surface area contributed by atoms with Crippen LogP contribution in [-0.4, -0.2) is 4.32 Å². The molecule has 2 rings (SSSR count). The van der Waals surface area contributed by atoms with E-state index in [1.54, 1.807) is 0 Å². The molecular weight excluding hydrogens is 200 g/mol. The average molecular weight is 217 g/mol. The molecule has 0 saturated heterocycles. The minimum atomic E-state index is 0.525. The maximum Gasteiger partial charge on any atom is 0.0348 e. The lowest BCUT2D eigenvalue weighted by molar-refractivity contribution is 0.390. The van der Waals surface area contributed by atoms with Gasteiger partial charge < -0.3 is 0 Å². The first-order valence-corrected chi connectivity index (χ1v) is 5.46. The van der Waals surface area contributed by atoms with Gasteiger partial charge in [-0.05, 0) is 30.1 Å². The minimum Gasteiger partial charge on any atom is -0.0844 e. The van der Waals surface area contributed by atoms with Crippen molar-refractivity contribution in [1.29, 1.82) is 0 Å². The summed E-state index contributed by atoms with van der Waals surface area (Å²) in [5.41, 5.74) is 0.581. The Hall–Kier alpha value is 0.480. The summed E-state index contributed by atoms with van der Waals surface area (Å²) in [6.45, 7) is 7.20. The number of alkyl halides is 1. The molecule has 0 spiro atoms. The fourth-order valence-electron chi connectivity index (χ4n) is 2.96. The van der Waals surface area contributed by atoms with Crippen LogP contribution in [0.5, 0.6) is 0 Å². The van der Waals surface area contributed by atoms with Gasteiger partial charge in [-0.3, -0.25) is 0 Å². The largest absolute Gasteiger partial charge is 0.0844 e. The van der Waals surface area contributed by atoms with Gasteiger partial charge in [0.2, 0.25) is 0 Å². The van der Waals surface area contributed by atoms with Crippen molar-refractivity contribution in [2.45, 2.75) is 44.4 Å². The molecule has 3 atom stereocenters. The second-order valence-corrected chi connectivity index (χ2v) is 6.44. The zero-order chi connectivity index (χ0) is 8.28. The van der Waals surface area contributed by atoms with Gasteiger partial charge in [-0.25, -0.2) is 0 Å². The summed E-state index contributed by atoms with van der Waals surface area (Å²) in [4.78, 5) is 0. The van der Waals surface area contributed by atoms with Gasteiger partial charge in [-0.1, -0.05) is 43.1 Å². The maximum absolute atomic E-state index is 3.93. The van der Waals surface area contributed by atoms with E-state index in [9.17, 15) is 0 Å². The van der Waals surface area contributed by atoms with Gasteiger partial charge in [-0.2, -0.15) is 0 Å². The van der Waals surface area contributed by atoms with E-state index >= 15 is 0 Å². The minimum absolute atomic E-state index is 0.525. The third-order valence-electron chi connectivity index (χ3n) is 4.00. The van der Waals surface area contributed by atoms with Crippen molar-refractivity contribution in [3.05, 3.63) is 0 Å². The second kappa shape index (κ2) is 2.04. The van der Waals surface area contributed by atoms with Crippen molar-refractivity contribution in [2.24, 2.45) is 17.3 Å². The van der Waals surface area contributed by atoms with Gasteiger partial charge >= 0.3 is 0 Å². The van der Waals surface area contributed by atoms with Gasteiger partial charge in [0.05, 0.1) is 0 Å². The van der Waals surface area contributed by atoms with Crippen molar-refractivity contribution >= 4 is 15.9 Å². The molecule has 3 unspecified atom stereocenters. The van der Waals surface area contributed by atoms with Crippen molar-refractivity contribution < 1.29 is 0 Å². The third-order valence-corrected chi connectivity index (χ3v) is 5.90. The molecular formula is C10H17Br. The molecule has 0 N–H and O–H groups in total. The summed E-state index contributed by atoms with van der Waals surface area (Å²) in [5.74, 6) is 1.90. The van der Waals surface area contributed by atoms with Crippen molar-refractivity contribution in [3.63, 3.8) is 0 Å². The van der Waals surface area contributed by atoms with Crippen LogP contribution in [0.4, 0.5) is 0 Å². The number of fused-ring (bicyclic) bond motifs is 1. The molecule has 64 valence electrons. The molecule has 2 saturated carbocycles. The highest BCUT2D eigenvalue weighted by Gasteiger charge is 2.70. The first-order valence-electron chi connectivity index (χ1n) is 4.67. The van der Waals surface area contributed by atoms with Gasteiger partial charge in [0.25, 0.3) is 0 Å². The molecule has 0 amide bonds. The third kappa shape index (κ3) is 0.867. The number of halogens is 1.